The molecule has 4 nitrogen and oxygen atoms in total. The molecule has 2 aromatic rings. The summed E-state index contributed by atoms with van der Waals surface area (Å²) >= 11 is 0. The summed E-state index contributed by atoms with van der Waals surface area (Å²) in [5.74, 6) is -0.268. The van der Waals surface area contributed by atoms with Crippen LogP contribution in [0.25, 0.3) is 0 Å². The van der Waals surface area contributed by atoms with Crippen molar-refractivity contribution < 1.29 is 12.8 Å². The van der Waals surface area contributed by atoms with E-state index < -0.39 is 10.0 Å². The highest BCUT2D eigenvalue weighted by Crippen LogP contribution is 2.25. The maximum atomic E-state index is 13.1. The summed E-state index contributed by atoms with van der Waals surface area (Å²) in [6.07, 6.45) is 0. The van der Waals surface area contributed by atoms with Crippen LogP contribution < -0.4 is 4.90 Å². The summed E-state index contributed by atoms with van der Waals surface area (Å²) in [6, 6.07) is 10.0. The van der Waals surface area contributed by atoms with Crippen LogP contribution in [0.1, 0.15) is 16.7 Å². The van der Waals surface area contributed by atoms with Crippen molar-refractivity contribution in [1.82, 2.24) is 4.31 Å². The van der Waals surface area contributed by atoms with Gasteiger partial charge in [0.15, 0.2) is 0 Å². The molecule has 6 heteroatoms. The van der Waals surface area contributed by atoms with Crippen molar-refractivity contribution in [3.05, 3.63) is 58.9 Å². The monoisotopic (exact) mass is 362 g/mol. The summed E-state index contributed by atoms with van der Waals surface area (Å²) in [6.45, 7) is 7.79. The lowest BCUT2D eigenvalue weighted by molar-refractivity contribution is 0.384. The number of benzene rings is 2. The first-order valence-electron chi connectivity index (χ1n) is 8.37. The van der Waals surface area contributed by atoms with Gasteiger partial charge in [0.2, 0.25) is 10.0 Å². The SMILES string of the molecule is Cc1cc(C)c(S(=O)(=O)N2CCN(c3ccc(F)cc3)CC2)cc1C. The van der Waals surface area contributed by atoms with Gasteiger partial charge in [0.1, 0.15) is 5.82 Å². The molecule has 0 N–H and O–H groups in total. The number of sulfonamides is 1. The normalized spacial score (nSPS) is 16.2. The van der Waals surface area contributed by atoms with Crippen LogP contribution in [0.15, 0.2) is 41.3 Å². The van der Waals surface area contributed by atoms with E-state index in [-0.39, 0.29) is 5.82 Å². The summed E-state index contributed by atoms with van der Waals surface area (Å²) in [5, 5.41) is 0. The second-order valence-corrected chi connectivity index (χ2v) is 8.48. The average Bonchev–Trinajstić information content (AvgIpc) is 2.59. The van der Waals surface area contributed by atoms with Gasteiger partial charge in [0.25, 0.3) is 0 Å². The minimum absolute atomic E-state index is 0.268. The maximum absolute atomic E-state index is 13.1. The zero-order valence-corrected chi connectivity index (χ0v) is 15.6. The second kappa shape index (κ2) is 6.77. The van der Waals surface area contributed by atoms with Crippen LogP contribution in [-0.4, -0.2) is 38.9 Å². The molecule has 0 aliphatic carbocycles. The molecule has 0 unspecified atom stereocenters. The number of nitrogens with zero attached hydrogens (tertiary/aromatic N) is 2. The van der Waals surface area contributed by atoms with E-state index in [1.807, 2.05) is 26.8 Å². The fourth-order valence-corrected chi connectivity index (χ4v) is 4.90. The van der Waals surface area contributed by atoms with Crippen molar-refractivity contribution >= 4 is 15.7 Å². The molecule has 0 spiro atoms. The molecule has 0 atom stereocenters. The van der Waals surface area contributed by atoms with E-state index in [9.17, 15) is 12.8 Å². The summed E-state index contributed by atoms with van der Waals surface area (Å²) in [7, 11) is -3.50. The highest BCUT2D eigenvalue weighted by atomic mass is 32.2. The molecule has 0 amide bonds. The number of halogens is 1. The van der Waals surface area contributed by atoms with E-state index in [0.29, 0.717) is 31.1 Å². The fourth-order valence-electron chi connectivity index (χ4n) is 3.19. The van der Waals surface area contributed by atoms with Crippen molar-refractivity contribution in [2.75, 3.05) is 31.1 Å². The number of hydrogen-bond donors (Lipinski definition) is 0. The molecule has 0 saturated carbocycles. The zero-order valence-electron chi connectivity index (χ0n) is 14.8. The standard InChI is InChI=1S/C19H23FN2O2S/c1-14-12-16(3)19(13-15(14)2)25(23,24)22-10-8-21(9-11-22)18-6-4-17(20)5-7-18/h4-7,12-13H,8-11H2,1-3H3. The Bertz CT molecular complexity index is 871. The number of rotatable bonds is 3. The van der Waals surface area contributed by atoms with Crippen LogP contribution in [0.5, 0.6) is 0 Å². The smallest absolute Gasteiger partial charge is 0.243 e. The Morgan fingerprint density at radius 3 is 2.00 bits per heavy atom. The molecule has 25 heavy (non-hydrogen) atoms. The molecule has 134 valence electrons. The lowest BCUT2D eigenvalue weighted by Crippen LogP contribution is -2.48. The average molecular weight is 362 g/mol. The molecular weight excluding hydrogens is 339 g/mol. The third kappa shape index (κ3) is 3.55. The number of piperazine rings is 1. The molecule has 0 radical (unpaired) electrons. The second-order valence-electron chi connectivity index (χ2n) is 6.57. The van der Waals surface area contributed by atoms with Crippen molar-refractivity contribution in [2.24, 2.45) is 0 Å². The number of anilines is 1. The van der Waals surface area contributed by atoms with Crippen LogP contribution in [0.3, 0.4) is 0 Å². The molecule has 1 fully saturated rings. The van der Waals surface area contributed by atoms with E-state index in [0.717, 1.165) is 22.4 Å². The Hall–Kier alpha value is -1.92. The lowest BCUT2D eigenvalue weighted by atomic mass is 10.1. The highest BCUT2D eigenvalue weighted by Gasteiger charge is 2.30. The van der Waals surface area contributed by atoms with Gasteiger partial charge in [0.05, 0.1) is 4.90 Å². The molecule has 0 aromatic heterocycles. The van der Waals surface area contributed by atoms with Gasteiger partial charge in [0, 0.05) is 31.9 Å². The minimum Gasteiger partial charge on any atom is -0.369 e. The van der Waals surface area contributed by atoms with Gasteiger partial charge in [-0.25, -0.2) is 12.8 Å². The quantitative estimate of drug-likeness (QED) is 0.841. The van der Waals surface area contributed by atoms with E-state index in [2.05, 4.69) is 4.90 Å². The topological polar surface area (TPSA) is 40.6 Å². The van der Waals surface area contributed by atoms with E-state index in [1.165, 1.54) is 12.1 Å². The van der Waals surface area contributed by atoms with Gasteiger partial charge in [-0.15, -0.1) is 0 Å². The Morgan fingerprint density at radius 1 is 0.840 bits per heavy atom. The van der Waals surface area contributed by atoms with Crippen molar-refractivity contribution in [1.29, 1.82) is 0 Å². The van der Waals surface area contributed by atoms with Crippen molar-refractivity contribution in [3.8, 4) is 0 Å². The van der Waals surface area contributed by atoms with Crippen LogP contribution in [0.4, 0.5) is 10.1 Å². The minimum atomic E-state index is -3.50. The third-order valence-corrected chi connectivity index (χ3v) is 6.88. The van der Waals surface area contributed by atoms with Crippen LogP contribution in [0, 0.1) is 26.6 Å². The molecule has 1 aliphatic heterocycles. The van der Waals surface area contributed by atoms with E-state index >= 15 is 0 Å². The maximum Gasteiger partial charge on any atom is 0.243 e. The van der Waals surface area contributed by atoms with Crippen LogP contribution in [-0.2, 0) is 10.0 Å². The lowest BCUT2D eigenvalue weighted by Gasteiger charge is -2.35. The first-order valence-corrected chi connectivity index (χ1v) is 9.81. The first kappa shape index (κ1) is 17.9. The summed E-state index contributed by atoms with van der Waals surface area (Å²) in [5.41, 5.74) is 3.77. The van der Waals surface area contributed by atoms with Crippen molar-refractivity contribution in [3.63, 3.8) is 0 Å². The van der Waals surface area contributed by atoms with Gasteiger partial charge in [-0.05, 0) is 67.8 Å². The van der Waals surface area contributed by atoms with E-state index in [4.69, 9.17) is 0 Å². The third-order valence-electron chi connectivity index (χ3n) is 4.84. The Labute approximate surface area is 148 Å². The zero-order chi connectivity index (χ0) is 18.2. The van der Waals surface area contributed by atoms with Gasteiger partial charge in [-0.3, -0.25) is 0 Å². The predicted octanol–water partition coefficient (Wildman–Crippen LogP) is 3.26. The largest absolute Gasteiger partial charge is 0.369 e. The van der Waals surface area contributed by atoms with Gasteiger partial charge in [-0.2, -0.15) is 4.31 Å². The molecule has 3 rings (SSSR count). The summed E-state index contributed by atoms with van der Waals surface area (Å²) in [4.78, 5) is 2.48. The molecule has 2 aromatic carbocycles. The molecular formula is C19H23FN2O2S. The van der Waals surface area contributed by atoms with Gasteiger partial charge < -0.3 is 4.90 Å². The molecule has 0 bridgehead atoms. The van der Waals surface area contributed by atoms with Gasteiger partial charge in [-0.1, -0.05) is 6.07 Å². The first-order chi connectivity index (χ1) is 11.8. The van der Waals surface area contributed by atoms with Crippen LogP contribution in [0.2, 0.25) is 0 Å². The molecule has 1 saturated heterocycles. The Kier molecular flexibility index (Phi) is 4.84. The summed E-state index contributed by atoms with van der Waals surface area (Å²) < 4.78 is 40.6. The van der Waals surface area contributed by atoms with E-state index in [1.54, 1.807) is 22.5 Å². The number of hydrogen-bond acceptors (Lipinski definition) is 3. The van der Waals surface area contributed by atoms with Crippen molar-refractivity contribution in [2.45, 2.75) is 25.7 Å². The highest BCUT2D eigenvalue weighted by molar-refractivity contribution is 7.89. The molecule has 1 heterocycles. The molecule has 1 aliphatic rings. The number of aryl methyl sites for hydroxylation is 3. The van der Waals surface area contributed by atoms with Crippen LogP contribution >= 0.6 is 0 Å². The van der Waals surface area contributed by atoms with Gasteiger partial charge >= 0.3 is 0 Å². The Balaban J connectivity index is 1.78. The predicted molar refractivity (Wildman–Crippen MR) is 98.0 cm³/mol. The Morgan fingerprint density at radius 2 is 1.40 bits per heavy atom. The fraction of sp³-hybridized carbons (Fsp3) is 0.368.